The molecule has 1 heterocycles. The van der Waals surface area contributed by atoms with Gasteiger partial charge in [0.2, 0.25) is 0 Å². The molecule has 1 atom stereocenters. The number of fused-ring (bicyclic) bond motifs is 1. The molecule has 7 heteroatoms. The van der Waals surface area contributed by atoms with Crippen LogP contribution < -0.4 is 10.9 Å². The molecule has 6 nitrogen and oxygen atoms in total. The first kappa shape index (κ1) is 26.1. The van der Waals surface area contributed by atoms with Crippen LogP contribution in [0, 0.1) is 25.6 Å². The Kier molecular flexibility index (Phi) is 7.71. The summed E-state index contributed by atoms with van der Waals surface area (Å²) >= 11 is 0. The topological polar surface area (TPSA) is 67.2 Å². The monoisotopic (exact) mass is 500 g/mol. The third-order valence-electron chi connectivity index (χ3n) is 6.72. The van der Waals surface area contributed by atoms with E-state index in [4.69, 9.17) is 4.98 Å². The van der Waals surface area contributed by atoms with E-state index in [1.807, 2.05) is 51.1 Å². The van der Waals surface area contributed by atoms with Crippen molar-refractivity contribution in [2.75, 3.05) is 11.9 Å². The molecule has 4 aromatic rings. The van der Waals surface area contributed by atoms with Crippen LogP contribution in [0.2, 0.25) is 0 Å². The average molecular weight is 501 g/mol. The second kappa shape index (κ2) is 10.9. The number of nitrogens with one attached hydrogen (secondary N) is 1. The van der Waals surface area contributed by atoms with Gasteiger partial charge in [0.25, 0.3) is 5.56 Å². The van der Waals surface area contributed by atoms with Gasteiger partial charge in [-0.1, -0.05) is 44.2 Å². The highest BCUT2D eigenvalue weighted by Crippen LogP contribution is 2.26. The molecule has 0 aliphatic heterocycles. The van der Waals surface area contributed by atoms with Gasteiger partial charge < -0.3 is 10.2 Å². The van der Waals surface area contributed by atoms with Crippen LogP contribution in [0.1, 0.15) is 50.2 Å². The van der Waals surface area contributed by atoms with E-state index in [1.165, 1.54) is 12.1 Å². The fraction of sp³-hybridized carbons (Fsp3) is 0.300. The molecule has 0 spiro atoms. The number of urea groups is 1. The molecule has 0 aliphatic rings. The fourth-order valence-corrected chi connectivity index (χ4v) is 4.30. The third kappa shape index (κ3) is 5.56. The van der Waals surface area contributed by atoms with E-state index in [-0.39, 0.29) is 11.2 Å². The predicted molar refractivity (Wildman–Crippen MR) is 147 cm³/mol. The smallest absolute Gasteiger partial charge is 0.315 e. The SMILES string of the molecule is Cc1ccc(-n2c(C(C)N(CCC(C)C)C(=O)Nc3ccccc3F)nc3ccccc3c2=O)cc1C. The number of anilines is 1. The highest BCUT2D eigenvalue weighted by Gasteiger charge is 2.27. The number of para-hydroxylation sites is 2. The molecule has 1 N–H and O–H groups in total. The normalized spacial score (nSPS) is 12.1. The molecule has 0 saturated carbocycles. The maximum atomic E-state index is 14.3. The molecule has 0 radical (unpaired) electrons. The van der Waals surface area contributed by atoms with Crippen molar-refractivity contribution in [3.8, 4) is 5.69 Å². The molecule has 0 bridgehead atoms. The van der Waals surface area contributed by atoms with Crippen LogP contribution in [0.15, 0.2) is 71.5 Å². The molecule has 0 saturated heterocycles. The molecular weight excluding hydrogens is 467 g/mol. The highest BCUT2D eigenvalue weighted by atomic mass is 19.1. The summed E-state index contributed by atoms with van der Waals surface area (Å²) in [6, 6.07) is 18.1. The third-order valence-corrected chi connectivity index (χ3v) is 6.72. The number of hydrogen-bond acceptors (Lipinski definition) is 3. The molecule has 37 heavy (non-hydrogen) atoms. The maximum Gasteiger partial charge on any atom is 0.322 e. The van der Waals surface area contributed by atoms with E-state index in [1.54, 1.807) is 33.7 Å². The Morgan fingerprint density at radius 1 is 1.00 bits per heavy atom. The Morgan fingerprint density at radius 2 is 1.70 bits per heavy atom. The van der Waals surface area contributed by atoms with Crippen molar-refractivity contribution >= 4 is 22.6 Å². The molecule has 1 unspecified atom stereocenters. The zero-order valence-corrected chi connectivity index (χ0v) is 22.0. The summed E-state index contributed by atoms with van der Waals surface area (Å²) in [6.45, 7) is 10.4. The molecule has 4 rings (SSSR count). The first-order chi connectivity index (χ1) is 17.7. The van der Waals surface area contributed by atoms with E-state index < -0.39 is 17.9 Å². The zero-order valence-electron chi connectivity index (χ0n) is 22.0. The van der Waals surface area contributed by atoms with E-state index in [9.17, 15) is 14.0 Å². The Bertz CT molecular complexity index is 1490. The summed E-state index contributed by atoms with van der Waals surface area (Å²) in [5.74, 6) is 0.269. The standard InChI is InChI=1S/C30H33FN4O2/c1-19(2)16-17-34(30(37)33-27-13-9-7-11-25(27)31)22(5)28-32-26-12-8-6-10-24(26)29(36)35(28)23-15-14-20(3)21(4)18-23/h6-15,18-19,22H,16-17H2,1-5H3,(H,33,37). The number of carbonyl (C=O) groups excluding carboxylic acids is 1. The van der Waals surface area contributed by atoms with Crippen LogP contribution in [-0.4, -0.2) is 27.0 Å². The number of halogens is 1. The van der Waals surface area contributed by atoms with Crippen LogP contribution in [0.25, 0.3) is 16.6 Å². The van der Waals surface area contributed by atoms with Gasteiger partial charge >= 0.3 is 6.03 Å². The minimum absolute atomic E-state index is 0.104. The largest absolute Gasteiger partial charge is 0.322 e. The molecule has 2 amide bonds. The van der Waals surface area contributed by atoms with Crippen LogP contribution >= 0.6 is 0 Å². The number of hydrogen-bond donors (Lipinski definition) is 1. The van der Waals surface area contributed by atoms with Crippen LogP contribution in [0.3, 0.4) is 0 Å². The van der Waals surface area contributed by atoms with Crippen molar-refractivity contribution in [1.82, 2.24) is 14.5 Å². The second-order valence-corrected chi connectivity index (χ2v) is 9.86. The van der Waals surface area contributed by atoms with Crippen LogP contribution in [-0.2, 0) is 0 Å². The van der Waals surface area contributed by atoms with Crippen molar-refractivity contribution in [3.05, 3.63) is 99.9 Å². The van der Waals surface area contributed by atoms with Gasteiger partial charge in [-0.2, -0.15) is 0 Å². The van der Waals surface area contributed by atoms with Crippen molar-refractivity contribution < 1.29 is 9.18 Å². The summed E-state index contributed by atoms with van der Waals surface area (Å²) in [7, 11) is 0. The van der Waals surface area contributed by atoms with Crippen molar-refractivity contribution in [2.24, 2.45) is 5.92 Å². The van der Waals surface area contributed by atoms with Crippen LogP contribution in [0.4, 0.5) is 14.9 Å². The van der Waals surface area contributed by atoms with Gasteiger partial charge in [0.1, 0.15) is 11.6 Å². The van der Waals surface area contributed by atoms with E-state index in [2.05, 4.69) is 19.2 Å². The zero-order chi connectivity index (χ0) is 26.7. The molecule has 0 fully saturated rings. The molecule has 192 valence electrons. The van der Waals surface area contributed by atoms with Gasteiger partial charge in [-0.15, -0.1) is 0 Å². The molecule has 3 aromatic carbocycles. The first-order valence-electron chi connectivity index (χ1n) is 12.6. The number of carbonyl (C=O) groups is 1. The Labute approximate surface area is 216 Å². The predicted octanol–water partition coefficient (Wildman–Crippen LogP) is 6.78. The Hall–Kier alpha value is -4.00. The lowest BCUT2D eigenvalue weighted by Crippen LogP contribution is -2.41. The van der Waals surface area contributed by atoms with Crippen molar-refractivity contribution in [3.63, 3.8) is 0 Å². The number of aryl methyl sites for hydroxylation is 2. The van der Waals surface area contributed by atoms with Crippen LogP contribution in [0.5, 0.6) is 0 Å². The second-order valence-electron chi connectivity index (χ2n) is 9.86. The van der Waals surface area contributed by atoms with E-state index >= 15 is 0 Å². The van der Waals surface area contributed by atoms with Crippen molar-refractivity contribution in [2.45, 2.75) is 47.1 Å². The molecule has 0 aliphatic carbocycles. The summed E-state index contributed by atoms with van der Waals surface area (Å²) in [6.07, 6.45) is 0.733. The van der Waals surface area contributed by atoms with E-state index in [0.717, 1.165) is 17.5 Å². The summed E-state index contributed by atoms with van der Waals surface area (Å²) in [4.78, 5) is 33.8. The Morgan fingerprint density at radius 3 is 2.41 bits per heavy atom. The van der Waals surface area contributed by atoms with Gasteiger partial charge in [0.15, 0.2) is 0 Å². The molecule has 1 aromatic heterocycles. The quantitative estimate of drug-likeness (QED) is 0.304. The van der Waals surface area contributed by atoms with Gasteiger partial charge in [-0.25, -0.2) is 14.2 Å². The highest BCUT2D eigenvalue weighted by molar-refractivity contribution is 5.89. The van der Waals surface area contributed by atoms with Gasteiger partial charge in [0, 0.05) is 6.54 Å². The number of nitrogens with zero attached hydrogens (tertiary/aromatic N) is 3. The summed E-state index contributed by atoms with van der Waals surface area (Å²) in [5.41, 5.74) is 3.31. The lowest BCUT2D eigenvalue weighted by molar-refractivity contribution is 0.185. The fourth-order valence-electron chi connectivity index (χ4n) is 4.30. The van der Waals surface area contributed by atoms with E-state index in [0.29, 0.717) is 34.9 Å². The molecular formula is C30H33FN4O2. The lowest BCUT2D eigenvalue weighted by Gasteiger charge is -2.31. The summed E-state index contributed by atoms with van der Waals surface area (Å²) < 4.78 is 15.9. The lowest BCUT2D eigenvalue weighted by atomic mass is 10.1. The number of rotatable bonds is 7. The maximum absolute atomic E-state index is 14.3. The number of benzene rings is 3. The Balaban J connectivity index is 1.86. The summed E-state index contributed by atoms with van der Waals surface area (Å²) in [5, 5.41) is 3.21. The van der Waals surface area contributed by atoms with Gasteiger partial charge in [0.05, 0.1) is 28.3 Å². The first-order valence-corrected chi connectivity index (χ1v) is 12.6. The van der Waals surface area contributed by atoms with Gasteiger partial charge in [-0.3, -0.25) is 9.36 Å². The van der Waals surface area contributed by atoms with Crippen molar-refractivity contribution in [1.29, 1.82) is 0 Å². The number of aromatic nitrogens is 2. The van der Waals surface area contributed by atoms with Gasteiger partial charge in [-0.05, 0) is 80.6 Å². The number of amides is 2. The minimum atomic E-state index is -0.579. The minimum Gasteiger partial charge on any atom is -0.315 e. The average Bonchev–Trinajstić information content (AvgIpc) is 2.87.